The number of piperidine rings is 1. The molecular weight excluding hydrogens is 320 g/mol. The highest BCUT2D eigenvalue weighted by atomic mass is 16.5. The van der Waals surface area contributed by atoms with Crippen molar-refractivity contribution in [2.45, 2.75) is 31.8 Å². The summed E-state index contributed by atoms with van der Waals surface area (Å²) in [5, 5.41) is 6.94. The Bertz CT molecular complexity index is 581. The summed E-state index contributed by atoms with van der Waals surface area (Å²) in [6.45, 7) is 2.28. The third kappa shape index (κ3) is 5.74. The quantitative estimate of drug-likeness (QED) is 0.322. The van der Waals surface area contributed by atoms with E-state index in [9.17, 15) is 4.79 Å². The molecule has 1 heterocycles. The van der Waals surface area contributed by atoms with Gasteiger partial charge in [0.25, 0.3) is 0 Å². The van der Waals surface area contributed by atoms with Crippen molar-refractivity contribution in [3.05, 3.63) is 46.3 Å². The Morgan fingerprint density at radius 3 is 2.72 bits per heavy atom. The molecule has 1 aliphatic rings. The van der Waals surface area contributed by atoms with Gasteiger partial charge in [-0.25, -0.2) is 0 Å². The van der Waals surface area contributed by atoms with Crippen molar-refractivity contribution >= 4 is 5.97 Å². The van der Waals surface area contributed by atoms with Crippen LogP contribution in [0.4, 0.5) is 0 Å². The van der Waals surface area contributed by atoms with Crippen LogP contribution in [0, 0.1) is 5.41 Å². The van der Waals surface area contributed by atoms with Crippen LogP contribution in [0.15, 0.2) is 35.4 Å². The van der Waals surface area contributed by atoms with Crippen molar-refractivity contribution in [1.82, 2.24) is 5.32 Å². The number of nitrogens with zero attached hydrogens (tertiary/aromatic N) is 3. The van der Waals surface area contributed by atoms with Crippen LogP contribution < -0.4 is 5.32 Å². The van der Waals surface area contributed by atoms with Crippen molar-refractivity contribution in [2.24, 2.45) is 10.5 Å². The maximum absolute atomic E-state index is 12.4. The number of carbonyl (C=O) groups excluding carboxylic acids is 1. The summed E-state index contributed by atoms with van der Waals surface area (Å²) in [5.74, 6) is -0.202. The molecule has 1 unspecified atom stereocenters. The number of carbonyl (C=O) groups is 1. The maximum Gasteiger partial charge on any atom is 0.311 e. The molecule has 0 amide bonds. The zero-order valence-corrected chi connectivity index (χ0v) is 14.7. The Balaban J connectivity index is 1.99. The molecule has 1 atom stereocenters. The average molecular weight is 346 g/mol. The first-order valence-electron chi connectivity index (χ1n) is 8.66. The molecule has 0 radical (unpaired) electrons. The Kier molecular flexibility index (Phi) is 7.73. The van der Waals surface area contributed by atoms with Gasteiger partial charge in [0.1, 0.15) is 0 Å². The van der Waals surface area contributed by atoms with Gasteiger partial charge in [0.05, 0.1) is 31.8 Å². The molecule has 2 rings (SSSR count). The lowest BCUT2D eigenvalue weighted by atomic mass is 9.74. The van der Waals surface area contributed by atoms with Crippen LogP contribution in [0.2, 0.25) is 0 Å². The van der Waals surface area contributed by atoms with Gasteiger partial charge >= 0.3 is 5.97 Å². The van der Waals surface area contributed by atoms with Gasteiger partial charge in [0.15, 0.2) is 0 Å². The van der Waals surface area contributed by atoms with E-state index in [1.54, 1.807) is 0 Å². The SMILES string of the molecule is COC(=O)C1(CC(CN=[N+]=[N-])OCCc2ccccc2)CCNCC1. The van der Waals surface area contributed by atoms with Crippen LogP contribution in [-0.2, 0) is 20.7 Å². The lowest BCUT2D eigenvalue weighted by Gasteiger charge is -2.37. The number of benzene rings is 1. The summed E-state index contributed by atoms with van der Waals surface area (Å²) in [6.07, 6.45) is 2.40. The van der Waals surface area contributed by atoms with Crippen LogP contribution in [-0.4, -0.2) is 45.4 Å². The van der Waals surface area contributed by atoms with Crippen molar-refractivity contribution in [3.8, 4) is 0 Å². The number of hydrogen-bond donors (Lipinski definition) is 1. The summed E-state index contributed by atoms with van der Waals surface area (Å²) in [4.78, 5) is 15.2. The number of azide groups is 1. The Morgan fingerprint density at radius 2 is 2.08 bits per heavy atom. The minimum Gasteiger partial charge on any atom is -0.469 e. The first kappa shape index (κ1) is 19.2. The molecule has 1 fully saturated rings. The summed E-state index contributed by atoms with van der Waals surface area (Å²) >= 11 is 0. The molecule has 0 bridgehead atoms. The van der Waals surface area contributed by atoms with E-state index in [0.717, 1.165) is 19.5 Å². The Hall–Kier alpha value is -2.08. The molecule has 1 aliphatic heterocycles. The number of methoxy groups -OCH3 is 1. The number of nitrogens with one attached hydrogen (secondary N) is 1. The van der Waals surface area contributed by atoms with Gasteiger partial charge in [-0.3, -0.25) is 4.79 Å². The van der Waals surface area contributed by atoms with E-state index in [-0.39, 0.29) is 18.6 Å². The molecule has 0 saturated carbocycles. The van der Waals surface area contributed by atoms with Gasteiger partial charge in [-0.15, -0.1) is 0 Å². The van der Waals surface area contributed by atoms with E-state index in [1.807, 2.05) is 18.2 Å². The normalized spacial score (nSPS) is 17.3. The number of esters is 1. The molecule has 25 heavy (non-hydrogen) atoms. The molecule has 7 nitrogen and oxygen atoms in total. The van der Waals surface area contributed by atoms with E-state index in [0.29, 0.717) is 25.9 Å². The van der Waals surface area contributed by atoms with Crippen LogP contribution in [0.25, 0.3) is 10.4 Å². The van der Waals surface area contributed by atoms with Crippen molar-refractivity contribution in [1.29, 1.82) is 0 Å². The summed E-state index contributed by atoms with van der Waals surface area (Å²) in [5.41, 5.74) is 9.27. The fraction of sp³-hybridized carbons (Fsp3) is 0.611. The second-order valence-electron chi connectivity index (χ2n) is 6.37. The van der Waals surface area contributed by atoms with E-state index < -0.39 is 5.41 Å². The molecular formula is C18H26N4O3. The number of hydrogen-bond acceptors (Lipinski definition) is 5. The number of ether oxygens (including phenoxy) is 2. The van der Waals surface area contributed by atoms with Gasteiger partial charge in [-0.2, -0.15) is 0 Å². The Labute approximate surface area is 148 Å². The van der Waals surface area contributed by atoms with E-state index in [1.165, 1.54) is 12.7 Å². The molecule has 0 spiro atoms. The summed E-state index contributed by atoms with van der Waals surface area (Å²) in [7, 11) is 1.42. The van der Waals surface area contributed by atoms with Gasteiger partial charge in [-0.05, 0) is 49.9 Å². The van der Waals surface area contributed by atoms with Gasteiger partial charge in [0.2, 0.25) is 0 Å². The molecule has 1 N–H and O–H groups in total. The van der Waals surface area contributed by atoms with Gasteiger partial charge in [-0.1, -0.05) is 35.4 Å². The highest BCUT2D eigenvalue weighted by molar-refractivity contribution is 5.77. The zero-order chi connectivity index (χ0) is 18.0. The standard InChI is InChI=1S/C18H26N4O3/c1-24-17(23)18(8-10-20-11-9-18)13-16(14-21-22-19)25-12-7-15-5-3-2-4-6-15/h2-6,16,20H,7-14H2,1H3. The Morgan fingerprint density at radius 1 is 1.36 bits per heavy atom. The fourth-order valence-corrected chi connectivity index (χ4v) is 3.34. The largest absolute Gasteiger partial charge is 0.469 e. The van der Waals surface area contributed by atoms with Gasteiger partial charge < -0.3 is 14.8 Å². The van der Waals surface area contributed by atoms with Gasteiger partial charge in [0, 0.05) is 4.91 Å². The van der Waals surface area contributed by atoms with E-state index >= 15 is 0 Å². The molecule has 0 aliphatic carbocycles. The predicted molar refractivity (Wildman–Crippen MR) is 95.1 cm³/mol. The predicted octanol–water partition coefficient (Wildman–Crippen LogP) is 2.86. The minimum atomic E-state index is -0.567. The highest BCUT2D eigenvalue weighted by Gasteiger charge is 2.42. The molecule has 136 valence electrons. The lowest BCUT2D eigenvalue weighted by molar-refractivity contribution is -0.157. The van der Waals surface area contributed by atoms with Crippen molar-refractivity contribution < 1.29 is 14.3 Å². The van der Waals surface area contributed by atoms with Crippen LogP contribution in [0.1, 0.15) is 24.8 Å². The van der Waals surface area contributed by atoms with E-state index in [4.69, 9.17) is 15.0 Å². The molecule has 1 aromatic carbocycles. The fourth-order valence-electron chi connectivity index (χ4n) is 3.34. The summed E-state index contributed by atoms with van der Waals surface area (Å²) in [6, 6.07) is 10.1. The van der Waals surface area contributed by atoms with Crippen LogP contribution in [0.5, 0.6) is 0 Å². The minimum absolute atomic E-state index is 0.202. The molecule has 7 heteroatoms. The lowest BCUT2D eigenvalue weighted by Crippen LogP contribution is -2.45. The summed E-state index contributed by atoms with van der Waals surface area (Å²) < 4.78 is 11.0. The van der Waals surface area contributed by atoms with Crippen LogP contribution >= 0.6 is 0 Å². The number of rotatable bonds is 9. The molecule has 1 aromatic rings. The first-order valence-corrected chi connectivity index (χ1v) is 8.66. The van der Waals surface area contributed by atoms with Crippen LogP contribution in [0.3, 0.4) is 0 Å². The van der Waals surface area contributed by atoms with E-state index in [2.05, 4.69) is 27.5 Å². The second-order valence-corrected chi connectivity index (χ2v) is 6.37. The third-order valence-electron chi connectivity index (χ3n) is 4.73. The molecule has 1 saturated heterocycles. The topological polar surface area (TPSA) is 96.3 Å². The first-order chi connectivity index (χ1) is 12.2. The second kappa shape index (κ2) is 10.0. The third-order valence-corrected chi connectivity index (χ3v) is 4.73. The zero-order valence-electron chi connectivity index (χ0n) is 14.7. The monoisotopic (exact) mass is 346 g/mol. The van der Waals surface area contributed by atoms with Crippen molar-refractivity contribution in [2.75, 3.05) is 33.4 Å². The van der Waals surface area contributed by atoms with Crippen molar-refractivity contribution in [3.63, 3.8) is 0 Å². The molecule has 0 aromatic heterocycles. The average Bonchev–Trinajstić information content (AvgIpc) is 2.66. The smallest absolute Gasteiger partial charge is 0.311 e. The highest BCUT2D eigenvalue weighted by Crippen LogP contribution is 2.36. The maximum atomic E-state index is 12.4.